The molecule has 0 bridgehead atoms. The maximum absolute atomic E-state index is 6.30. The lowest BCUT2D eigenvalue weighted by Crippen LogP contribution is -1.97. The fraction of sp³-hybridized carbons (Fsp3) is 0.179. The van der Waals surface area contributed by atoms with Crippen molar-refractivity contribution in [2.75, 3.05) is 14.2 Å². The summed E-state index contributed by atoms with van der Waals surface area (Å²) in [4.78, 5) is 9.86. The highest BCUT2D eigenvalue weighted by Crippen LogP contribution is 2.37. The summed E-state index contributed by atoms with van der Waals surface area (Å²) in [6.07, 6.45) is 3.73. The standard InChI is InChI=1S/C28H24N4O4S/c1-16-8-20(13-29-17(16)2)19-7-5-6-18(9-19)15-35-24-10-21(33-3)11-25-22(24)12-26(36-25)23-14-32-27(30-23)37-28(31-32)34-4/h5-14H,15H2,1-4H3. The molecule has 6 rings (SSSR count). The van der Waals surface area contributed by atoms with Gasteiger partial charge in [-0.05, 0) is 60.1 Å². The molecule has 0 unspecified atom stereocenters. The Hall–Kier alpha value is -4.37. The Morgan fingerprint density at radius 3 is 2.68 bits per heavy atom. The second-order valence-corrected chi connectivity index (χ2v) is 9.61. The molecule has 0 aliphatic carbocycles. The van der Waals surface area contributed by atoms with E-state index in [0.29, 0.717) is 40.3 Å². The third kappa shape index (κ3) is 4.38. The predicted octanol–water partition coefficient (Wildman–Crippen LogP) is 6.48. The lowest BCUT2D eigenvalue weighted by molar-refractivity contribution is 0.307. The molecule has 0 fully saturated rings. The maximum atomic E-state index is 6.30. The van der Waals surface area contributed by atoms with E-state index in [1.807, 2.05) is 43.6 Å². The van der Waals surface area contributed by atoms with Crippen molar-refractivity contribution in [2.45, 2.75) is 20.5 Å². The number of fused-ring (bicyclic) bond motifs is 2. The highest BCUT2D eigenvalue weighted by molar-refractivity contribution is 7.18. The van der Waals surface area contributed by atoms with E-state index in [2.05, 4.69) is 46.3 Å². The molecule has 6 aromatic rings. The summed E-state index contributed by atoms with van der Waals surface area (Å²) in [5.74, 6) is 1.94. The van der Waals surface area contributed by atoms with Crippen LogP contribution in [0.4, 0.5) is 0 Å². The van der Waals surface area contributed by atoms with Gasteiger partial charge in [-0.2, -0.15) is 0 Å². The summed E-state index contributed by atoms with van der Waals surface area (Å²) in [5, 5.41) is 5.73. The number of pyridine rings is 1. The molecule has 4 aromatic heterocycles. The number of aryl methyl sites for hydroxylation is 2. The number of nitrogens with zero attached hydrogens (tertiary/aromatic N) is 4. The normalized spacial score (nSPS) is 11.4. The molecule has 8 nitrogen and oxygen atoms in total. The van der Waals surface area contributed by atoms with Gasteiger partial charge in [0.05, 0.1) is 25.8 Å². The zero-order valence-electron chi connectivity index (χ0n) is 20.8. The van der Waals surface area contributed by atoms with Crippen molar-refractivity contribution < 1.29 is 18.6 Å². The van der Waals surface area contributed by atoms with E-state index in [-0.39, 0.29) is 0 Å². The first-order valence-corrected chi connectivity index (χ1v) is 12.5. The van der Waals surface area contributed by atoms with Crippen molar-refractivity contribution >= 4 is 27.3 Å². The number of aromatic nitrogens is 4. The third-order valence-electron chi connectivity index (χ3n) is 6.26. The molecule has 0 aliphatic heterocycles. The third-order valence-corrected chi connectivity index (χ3v) is 7.14. The van der Waals surface area contributed by atoms with Crippen LogP contribution in [0.5, 0.6) is 16.7 Å². The van der Waals surface area contributed by atoms with Gasteiger partial charge in [-0.25, -0.2) is 9.50 Å². The van der Waals surface area contributed by atoms with Crippen LogP contribution in [0.25, 0.3) is 38.5 Å². The van der Waals surface area contributed by atoms with Crippen LogP contribution in [-0.4, -0.2) is 33.8 Å². The molecule has 0 saturated heterocycles. The largest absolute Gasteiger partial charge is 0.496 e. The second-order valence-electron chi connectivity index (χ2n) is 8.69. The van der Waals surface area contributed by atoms with Crippen LogP contribution in [0.15, 0.2) is 65.3 Å². The molecule has 2 aromatic carbocycles. The summed E-state index contributed by atoms with van der Waals surface area (Å²) >= 11 is 1.36. The monoisotopic (exact) mass is 512 g/mol. The first-order valence-electron chi connectivity index (χ1n) is 11.7. The molecule has 0 N–H and O–H groups in total. The molecule has 186 valence electrons. The predicted molar refractivity (Wildman–Crippen MR) is 143 cm³/mol. The molecule has 0 atom stereocenters. The number of hydrogen-bond donors (Lipinski definition) is 0. The fourth-order valence-corrected chi connectivity index (χ4v) is 4.83. The number of benzene rings is 2. The lowest BCUT2D eigenvalue weighted by atomic mass is 10.0. The van der Waals surface area contributed by atoms with E-state index < -0.39 is 0 Å². The fourth-order valence-electron chi connectivity index (χ4n) is 4.13. The number of rotatable bonds is 7. The Labute approximate surface area is 217 Å². The van der Waals surface area contributed by atoms with E-state index in [4.69, 9.17) is 18.6 Å². The van der Waals surface area contributed by atoms with Crippen LogP contribution in [0.1, 0.15) is 16.8 Å². The van der Waals surface area contributed by atoms with Crippen molar-refractivity contribution in [3.8, 4) is 39.3 Å². The van der Waals surface area contributed by atoms with Crippen molar-refractivity contribution in [1.82, 2.24) is 19.6 Å². The molecule has 4 heterocycles. The lowest BCUT2D eigenvalue weighted by Gasteiger charge is -2.11. The van der Waals surface area contributed by atoms with Crippen molar-refractivity contribution in [3.63, 3.8) is 0 Å². The zero-order valence-corrected chi connectivity index (χ0v) is 21.6. The number of hydrogen-bond acceptors (Lipinski definition) is 8. The molecule has 0 aliphatic rings. The van der Waals surface area contributed by atoms with Gasteiger partial charge in [-0.1, -0.05) is 18.2 Å². The quantitative estimate of drug-likeness (QED) is 0.242. The van der Waals surface area contributed by atoms with Gasteiger partial charge in [0.25, 0.3) is 5.19 Å². The number of methoxy groups -OCH3 is 2. The van der Waals surface area contributed by atoms with Crippen molar-refractivity contribution in [1.29, 1.82) is 0 Å². The minimum atomic E-state index is 0.388. The zero-order chi connectivity index (χ0) is 25.5. The van der Waals surface area contributed by atoms with Crippen LogP contribution in [0.3, 0.4) is 0 Å². The highest BCUT2D eigenvalue weighted by atomic mass is 32.1. The van der Waals surface area contributed by atoms with Gasteiger partial charge >= 0.3 is 0 Å². The number of ether oxygens (including phenoxy) is 3. The molecule has 9 heteroatoms. The average molecular weight is 513 g/mol. The Morgan fingerprint density at radius 2 is 1.89 bits per heavy atom. The van der Waals surface area contributed by atoms with Gasteiger partial charge in [0.1, 0.15) is 29.4 Å². The van der Waals surface area contributed by atoms with Gasteiger partial charge in [0.2, 0.25) is 4.96 Å². The van der Waals surface area contributed by atoms with E-state index in [1.54, 1.807) is 18.7 Å². The molecule has 0 radical (unpaired) electrons. The Kier molecular flexibility index (Phi) is 5.77. The summed E-state index contributed by atoms with van der Waals surface area (Å²) in [5.41, 5.74) is 6.77. The first kappa shape index (κ1) is 23.1. The molecule has 37 heavy (non-hydrogen) atoms. The molecule has 0 saturated carbocycles. The number of furan rings is 1. The van der Waals surface area contributed by atoms with E-state index in [9.17, 15) is 0 Å². The molecule has 0 spiro atoms. The van der Waals surface area contributed by atoms with E-state index in [0.717, 1.165) is 32.7 Å². The van der Waals surface area contributed by atoms with Crippen molar-refractivity contribution in [3.05, 3.63) is 77.7 Å². The minimum absolute atomic E-state index is 0.388. The number of imidazole rings is 1. The van der Waals surface area contributed by atoms with Crippen LogP contribution in [-0.2, 0) is 6.61 Å². The maximum Gasteiger partial charge on any atom is 0.294 e. The average Bonchev–Trinajstić information content (AvgIpc) is 3.62. The molecular formula is C28H24N4O4S. The second kappa shape index (κ2) is 9.25. The molecule has 0 amide bonds. The SMILES string of the molecule is COc1cc(OCc2cccc(-c3cnc(C)c(C)c3)c2)c2cc(-c3cn4nc(OC)sc4n3)oc2c1. The van der Waals surface area contributed by atoms with Crippen LogP contribution >= 0.6 is 11.3 Å². The van der Waals surface area contributed by atoms with E-state index in [1.165, 1.54) is 16.9 Å². The topological polar surface area (TPSA) is 83.9 Å². The first-order chi connectivity index (χ1) is 18.0. The van der Waals surface area contributed by atoms with Crippen LogP contribution in [0, 0.1) is 13.8 Å². The Balaban J connectivity index is 1.30. The summed E-state index contributed by atoms with van der Waals surface area (Å²) < 4.78 is 24.8. The van der Waals surface area contributed by atoms with Gasteiger partial charge in [-0.3, -0.25) is 4.98 Å². The van der Waals surface area contributed by atoms with Gasteiger partial charge in [0, 0.05) is 29.6 Å². The van der Waals surface area contributed by atoms with Crippen LogP contribution < -0.4 is 14.2 Å². The van der Waals surface area contributed by atoms with Crippen LogP contribution in [0.2, 0.25) is 0 Å². The Bertz CT molecular complexity index is 1720. The Morgan fingerprint density at radius 1 is 1.00 bits per heavy atom. The summed E-state index contributed by atoms with van der Waals surface area (Å²) in [6, 6.07) is 16.1. The van der Waals surface area contributed by atoms with Crippen molar-refractivity contribution in [2.24, 2.45) is 0 Å². The van der Waals surface area contributed by atoms with Gasteiger partial charge < -0.3 is 18.6 Å². The highest BCUT2D eigenvalue weighted by Gasteiger charge is 2.17. The van der Waals surface area contributed by atoms with Gasteiger partial charge in [0.15, 0.2) is 5.76 Å². The minimum Gasteiger partial charge on any atom is -0.496 e. The van der Waals surface area contributed by atoms with Gasteiger partial charge in [-0.15, -0.1) is 5.10 Å². The summed E-state index contributed by atoms with van der Waals surface area (Å²) in [7, 11) is 3.21. The molecular weight excluding hydrogens is 488 g/mol. The summed E-state index contributed by atoms with van der Waals surface area (Å²) in [6.45, 7) is 4.48. The smallest absolute Gasteiger partial charge is 0.294 e. The van der Waals surface area contributed by atoms with E-state index >= 15 is 0 Å².